The van der Waals surface area contributed by atoms with Crippen LogP contribution in [0.25, 0.3) is 0 Å². The average Bonchev–Trinajstić information content (AvgIpc) is 1.96. The van der Waals surface area contributed by atoms with E-state index in [1.807, 2.05) is 0 Å². The van der Waals surface area contributed by atoms with E-state index in [-0.39, 0.29) is 17.5 Å². The van der Waals surface area contributed by atoms with Crippen LogP contribution in [0, 0.1) is 0 Å². The van der Waals surface area contributed by atoms with Gasteiger partial charge >= 0.3 is 11.8 Å². The molecule has 0 spiro atoms. The number of nitrogens with zero attached hydrogens (tertiary/aromatic N) is 2. The molecule has 12 heavy (non-hydrogen) atoms. The van der Waals surface area contributed by atoms with Gasteiger partial charge in [-0.25, -0.2) is 0 Å². The van der Waals surface area contributed by atoms with Crippen molar-refractivity contribution in [1.29, 1.82) is 0 Å². The lowest BCUT2D eigenvalue weighted by Crippen LogP contribution is -2.38. The first-order chi connectivity index (χ1) is 5.65. The number of aliphatic hydroxyl groups is 1. The van der Waals surface area contributed by atoms with Gasteiger partial charge in [0.05, 0.1) is 0 Å². The topological polar surface area (TPSA) is 128 Å². The first-order valence-electron chi connectivity index (χ1n) is 2.97. The van der Waals surface area contributed by atoms with E-state index in [0.717, 1.165) is 0 Å². The zero-order valence-electron chi connectivity index (χ0n) is 5.98. The molecule has 0 saturated carbocycles. The van der Waals surface area contributed by atoms with Crippen LogP contribution in [0.2, 0.25) is 0 Å². The molecule has 6 N–H and O–H groups in total. The summed E-state index contributed by atoms with van der Waals surface area (Å²) in [6.07, 6.45) is 0.352. The number of hydrogen-bond acceptors (Lipinski definition) is 6. The maximum absolute atomic E-state index is 10.00. The maximum Gasteiger partial charge on any atom is 0.379 e. The summed E-state index contributed by atoms with van der Waals surface area (Å²) in [7, 11) is 0. The van der Waals surface area contributed by atoms with Crippen LogP contribution in [0.4, 0.5) is 0 Å². The zero-order valence-corrected chi connectivity index (χ0v) is 5.98. The number of carbonyl (C=O) groups is 1. The number of nitrogens with one attached hydrogen (secondary N) is 1. The molecule has 1 heterocycles. The number of nitrogens with two attached hydrogens (primary N) is 2. The van der Waals surface area contributed by atoms with Gasteiger partial charge in [-0.3, -0.25) is 4.79 Å². The molecular formula is C5H7N5O2+. The zero-order chi connectivity index (χ0) is 9.14. The molecule has 0 aromatic rings. The number of amidine groups is 1. The Balaban J connectivity index is 3.05. The van der Waals surface area contributed by atoms with Crippen molar-refractivity contribution in [3.8, 4) is 0 Å². The molecule has 0 fully saturated rings. The molecule has 7 nitrogen and oxygen atoms in total. The van der Waals surface area contributed by atoms with Crippen molar-refractivity contribution >= 4 is 18.2 Å². The molecule has 0 saturated heterocycles. The van der Waals surface area contributed by atoms with Gasteiger partial charge in [-0.1, -0.05) is 9.98 Å². The Kier molecular flexibility index (Phi) is 1.95. The van der Waals surface area contributed by atoms with Crippen LogP contribution < -0.4 is 21.8 Å². The summed E-state index contributed by atoms with van der Waals surface area (Å²) in [5.74, 6) is -0.680. The molecule has 7 heteroatoms. The average molecular weight is 169 g/mol. The van der Waals surface area contributed by atoms with Gasteiger partial charge in [-0.2, -0.15) is 0 Å². The fourth-order valence-electron chi connectivity index (χ4n) is 0.681. The van der Waals surface area contributed by atoms with E-state index in [1.165, 1.54) is 0 Å². The van der Waals surface area contributed by atoms with Crippen LogP contribution in [-0.4, -0.2) is 23.3 Å². The Labute approximate surface area is 67.5 Å². The predicted octanol–water partition coefficient (Wildman–Crippen LogP) is -2.52. The lowest BCUT2D eigenvalue weighted by molar-refractivity contribution is -0.108. The highest BCUT2D eigenvalue weighted by atomic mass is 16.3. The number of carbonyl (C=O) groups excluding carboxylic acids is 1. The second kappa shape index (κ2) is 2.91. The summed E-state index contributed by atoms with van der Waals surface area (Å²) in [6, 6.07) is 0. The highest BCUT2D eigenvalue weighted by Gasteiger charge is 2.21. The summed E-state index contributed by atoms with van der Waals surface area (Å²) in [5, 5.41) is 11.2. The Bertz CT molecular complexity index is 300. The van der Waals surface area contributed by atoms with Crippen LogP contribution in [-0.2, 0) is 4.79 Å². The largest absolute Gasteiger partial charge is 0.483 e. The fourth-order valence-corrected chi connectivity index (χ4v) is 0.681. The van der Waals surface area contributed by atoms with Gasteiger partial charge in [-0.05, 0) is 0 Å². The fraction of sp³-hybridized carbons (Fsp3) is 0. The van der Waals surface area contributed by atoms with Crippen LogP contribution in [0.3, 0.4) is 0 Å². The summed E-state index contributed by atoms with van der Waals surface area (Å²) in [6.45, 7) is 0. The van der Waals surface area contributed by atoms with Crippen molar-refractivity contribution in [1.82, 2.24) is 10.3 Å². The van der Waals surface area contributed by atoms with Gasteiger partial charge in [-0.15, -0.1) is 0 Å². The van der Waals surface area contributed by atoms with Gasteiger partial charge < -0.3 is 21.9 Å². The van der Waals surface area contributed by atoms with E-state index in [2.05, 4.69) is 15.3 Å². The van der Waals surface area contributed by atoms with Crippen molar-refractivity contribution < 1.29 is 9.90 Å². The molecule has 0 bridgehead atoms. The number of aliphatic hydroxyl groups excluding tert-OH is 1. The molecule has 1 radical (unpaired) electrons. The third kappa shape index (κ3) is 1.34. The monoisotopic (exact) mass is 169 g/mol. The molecule has 0 atom stereocenters. The Hall–Kier alpha value is -2.05. The van der Waals surface area contributed by atoms with E-state index in [1.54, 1.807) is 0 Å². The van der Waals surface area contributed by atoms with Crippen molar-refractivity contribution in [2.45, 2.75) is 0 Å². The molecule has 1 aliphatic heterocycles. The summed E-state index contributed by atoms with van der Waals surface area (Å²) < 4.78 is 0. The first-order valence-corrected chi connectivity index (χ1v) is 2.97. The van der Waals surface area contributed by atoms with Crippen LogP contribution in [0.5, 0.6) is 0 Å². The molecule has 63 valence electrons. The number of hydrogen-bond donors (Lipinski definition) is 4. The van der Waals surface area contributed by atoms with Crippen molar-refractivity contribution in [3.63, 3.8) is 0 Å². The van der Waals surface area contributed by atoms with Gasteiger partial charge in [0, 0.05) is 0 Å². The molecule has 0 aliphatic carbocycles. The third-order valence-corrected chi connectivity index (χ3v) is 1.14. The lowest BCUT2D eigenvalue weighted by atomic mass is 10.4. The normalized spacial score (nSPS) is 16.7. The van der Waals surface area contributed by atoms with Crippen molar-refractivity contribution in [2.24, 2.45) is 16.5 Å². The number of aliphatic imine (C=N–C) groups is 2. The number of guanidine groups is 1. The Morgan fingerprint density at radius 3 is 2.75 bits per heavy atom. The van der Waals surface area contributed by atoms with E-state index >= 15 is 0 Å². The van der Waals surface area contributed by atoms with E-state index < -0.39 is 5.88 Å². The van der Waals surface area contributed by atoms with E-state index in [4.69, 9.17) is 16.6 Å². The van der Waals surface area contributed by atoms with Crippen molar-refractivity contribution in [2.75, 3.05) is 0 Å². The third-order valence-electron chi connectivity index (χ3n) is 1.14. The van der Waals surface area contributed by atoms with E-state index in [0.29, 0.717) is 6.41 Å². The lowest BCUT2D eigenvalue weighted by Gasteiger charge is -2.03. The number of rotatable bonds is 2. The van der Waals surface area contributed by atoms with Gasteiger partial charge in [0.25, 0.3) is 5.84 Å². The van der Waals surface area contributed by atoms with Crippen molar-refractivity contribution in [3.05, 3.63) is 11.6 Å². The standard InChI is InChI=1S/C5H7N5O2/c6-3-2(8-1-11)4(12)10-5(7)9-3/h1H,(H,8,11)(H5,6,7,10,12)/q+1. The van der Waals surface area contributed by atoms with Crippen LogP contribution in [0.1, 0.15) is 0 Å². The number of amides is 1. The smallest absolute Gasteiger partial charge is 0.379 e. The molecule has 0 unspecified atom stereocenters. The van der Waals surface area contributed by atoms with Gasteiger partial charge in [0.15, 0.2) is 5.70 Å². The highest BCUT2D eigenvalue weighted by molar-refractivity contribution is 6.05. The molecule has 0 aromatic carbocycles. The summed E-state index contributed by atoms with van der Waals surface area (Å²) >= 11 is 0. The second-order valence-electron chi connectivity index (χ2n) is 1.93. The maximum atomic E-state index is 10.00. The summed E-state index contributed by atoms with van der Waals surface area (Å²) in [5.41, 5.74) is 10.4. The predicted molar refractivity (Wildman–Crippen MR) is 41.8 cm³/mol. The second-order valence-corrected chi connectivity index (χ2v) is 1.93. The molecule has 0 aromatic heterocycles. The molecular weight excluding hydrogens is 162 g/mol. The van der Waals surface area contributed by atoms with E-state index in [9.17, 15) is 4.79 Å². The Morgan fingerprint density at radius 2 is 2.25 bits per heavy atom. The molecule has 1 rings (SSSR count). The van der Waals surface area contributed by atoms with Gasteiger partial charge in [0.1, 0.15) is 0 Å². The first kappa shape index (κ1) is 8.05. The minimum absolute atomic E-state index is 0.0424. The molecule has 1 amide bonds. The van der Waals surface area contributed by atoms with Crippen LogP contribution >= 0.6 is 0 Å². The summed E-state index contributed by atoms with van der Waals surface area (Å²) in [4.78, 5) is 16.9. The Morgan fingerprint density at radius 1 is 1.58 bits per heavy atom. The van der Waals surface area contributed by atoms with Crippen LogP contribution in [0.15, 0.2) is 16.6 Å². The van der Waals surface area contributed by atoms with Gasteiger partial charge in [0.2, 0.25) is 6.41 Å². The molecule has 1 aliphatic rings. The quantitative estimate of drug-likeness (QED) is 0.340. The highest BCUT2D eigenvalue weighted by Crippen LogP contribution is 2.00. The minimum Gasteiger partial charge on any atom is -0.483 e. The minimum atomic E-state index is -0.452. The SMILES string of the molecule is NC1=NC(O)=C(NC=O)C(N)=[N+]1.